The first kappa shape index (κ1) is 13.1. The fraction of sp³-hybridized carbons (Fsp3) is 0.909. The number of azide groups is 1. The number of rotatable bonds is 6. The Morgan fingerprint density at radius 1 is 1.56 bits per heavy atom. The van der Waals surface area contributed by atoms with E-state index in [0.29, 0.717) is 26.1 Å². The molecule has 0 aromatic heterocycles. The quantitative estimate of drug-likeness (QED) is 0.317. The number of aliphatic carboxylic acids is 1. The van der Waals surface area contributed by atoms with E-state index in [0.717, 1.165) is 25.9 Å². The van der Waals surface area contributed by atoms with Gasteiger partial charge in [0.05, 0.1) is 0 Å². The maximum Gasteiger partial charge on any atom is 0.325 e. The van der Waals surface area contributed by atoms with Crippen molar-refractivity contribution in [3.8, 4) is 0 Å². The molecule has 100 valence electrons. The molecule has 2 bridgehead atoms. The molecule has 1 unspecified atom stereocenters. The van der Waals surface area contributed by atoms with Crippen molar-refractivity contribution in [1.82, 2.24) is 10.2 Å². The van der Waals surface area contributed by atoms with E-state index in [9.17, 15) is 9.90 Å². The molecule has 18 heavy (non-hydrogen) atoms. The lowest BCUT2D eigenvalue weighted by Gasteiger charge is -2.51. The van der Waals surface area contributed by atoms with Gasteiger partial charge in [-0.2, -0.15) is 0 Å². The van der Waals surface area contributed by atoms with Crippen LogP contribution in [0.5, 0.6) is 0 Å². The van der Waals surface area contributed by atoms with E-state index in [1.807, 2.05) is 0 Å². The Bertz CT molecular complexity index is 360. The third kappa shape index (κ3) is 2.43. The maximum absolute atomic E-state index is 11.6. The van der Waals surface area contributed by atoms with Crippen LogP contribution in [0.25, 0.3) is 10.4 Å². The van der Waals surface area contributed by atoms with E-state index < -0.39 is 11.5 Å². The highest BCUT2D eigenvalue weighted by Crippen LogP contribution is 2.35. The van der Waals surface area contributed by atoms with Crippen molar-refractivity contribution in [3.05, 3.63) is 10.4 Å². The van der Waals surface area contributed by atoms with Gasteiger partial charge in [0.15, 0.2) is 0 Å². The first-order valence-electron chi connectivity index (χ1n) is 6.40. The first-order chi connectivity index (χ1) is 8.69. The topological polar surface area (TPSA) is 101 Å². The molecule has 3 aliphatic heterocycles. The molecule has 0 aliphatic carbocycles. The van der Waals surface area contributed by atoms with Crippen LogP contribution in [0.15, 0.2) is 5.11 Å². The Balaban J connectivity index is 1.95. The summed E-state index contributed by atoms with van der Waals surface area (Å²) < 4.78 is 0. The lowest BCUT2D eigenvalue weighted by Crippen LogP contribution is -2.69. The summed E-state index contributed by atoms with van der Waals surface area (Å²) >= 11 is 0. The number of carboxylic acids is 1. The highest BCUT2D eigenvalue weighted by atomic mass is 16.4. The number of fused-ring (bicyclic) bond motifs is 3. The standard InChI is InChI=1S/C11H19N5O2/c12-15-14-5-1-4-13-11(10(17)18)8-16-6-2-9(11)3-7-16/h9,13H,1-8H2,(H,17,18). The second-order valence-corrected chi connectivity index (χ2v) is 5.06. The molecule has 3 heterocycles. The van der Waals surface area contributed by atoms with Gasteiger partial charge in [-0.25, -0.2) is 0 Å². The number of piperidine rings is 3. The summed E-state index contributed by atoms with van der Waals surface area (Å²) in [5.41, 5.74) is 7.38. The van der Waals surface area contributed by atoms with Gasteiger partial charge in [0.25, 0.3) is 0 Å². The van der Waals surface area contributed by atoms with E-state index >= 15 is 0 Å². The Labute approximate surface area is 106 Å². The third-order valence-electron chi connectivity index (χ3n) is 4.08. The van der Waals surface area contributed by atoms with E-state index in [4.69, 9.17) is 5.53 Å². The van der Waals surface area contributed by atoms with Crippen LogP contribution in [0.3, 0.4) is 0 Å². The fourth-order valence-electron chi connectivity index (χ4n) is 3.09. The van der Waals surface area contributed by atoms with E-state index in [1.54, 1.807) is 0 Å². The van der Waals surface area contributed by atoms with Gasteiger partial charge in [0.1, 0.15) is 5.54 Å². The summed E-state index contributed by atoms with van der Waals surface area (Å²) in [4.78, 5) is 16.5. The Morgan fingerprint density at radius 2 is 2.28 bits per heavy atom. The van der Waals surface area contributed by atoms with Crippen LogP contribution in [-0.4, -0.2) is 54.2 Å². The van der Waals surface area contributed by atoms with Crippen molar-refractivity contribution >= 4 is 5.97 Å². The normalized spacial score (nSPS) is 34.0. The summed E-state index contributed by atoms with van der Waals surface area (Å²) in [5, 5.41) is 16.2. The van der Waals surface area contributed by atoms with Crippen molar-refractivity contribution in [2.24, 2.45) is 11.0 Å². The van der Waals surface area contributed by atoms with E-state index in [2.05, 4.69) is 20.2 Å². The highest BCUT2D eigenvalue weighted by Gasteiger charge is 2.51. The van der Waals surface area contributed by atoms with Crippen LogP contribution in [0.4, 0.5) is 0 Å². The number of hydrogen-bond donors (Lipinski definition) is 2. The highest BCUT2D eigenvalue weighted by molar-refractivity contribution is 5.80. The van der Waals surface area contributed by atoms with Crippen molar-refractivity contribution in [1.29, 1.82) is 0 Å². The summed E-state index contributed by atoms with van der Waals surface area (Å²) in [5.74, 6) is -0.528. The first-order valence-corrected chi connectivity index (χ1v) is 6.40. The molecule has 2 N–H and O–H groups in total. The van der Waals surface area contributed by atoms with Gasteiger partial charge in [-0.05, 0) is 50.3 Å². The molecule has 7 nitrogen and oxygen atoms in total. The molecule has 1 atom stereocenters. The number of carboxylic acid groups (broad SMARTS) is 1. The van der Waals surface area contributed by atoms with Gasteiger partial charge in [-0.1, -0.05) is 5.11 Å². The van der Waals surface area contributed by atoms with Gasteiger partial charge in [0, 0.05) is 18.0 Å². The minimum atomic E-state index is -0.799. The van der Waals surface area contributed by atoms with Gasteiger partial charge in [0.2, 0.25) is 0 Å². The number of hydrogen-bond acceptors (Lipinski definition) is 4. The van der Waals surface area contributed by atoms with Crippen LogP contribution in [0.1, 0.15) is 19.3 Å². The zero-order chi connectivity index (χ0) is 13.0. The number of carbonyl (C=O) groups is 1. The Morgan fingerprint density at radius 3 is 2.78 bits per heavy atom. The zero-order valence-electron chi connectivity index (χ0n) is 10.4. The van der Waals surface area contributed by atoms with Gasteiger partial charge in [-0.3, -0.25) is 4.79 Å². The summed E-state index contributed by atoms with van der Waals surface area (Å²) in [6.45, 7) is 3.61. The molecule has 0 saturated carbocycles. The molecule has 7 heteroatoms. The average Bonchev–Trinajstić information content (AvgIpc) is 2.39. The molecule has 0 spiro atoms. The van der Waals surface area contributed by atoms with Gasteiger partial charge < -0.3 is 15.3 Å². The van der Waals surface area contributed by atoms with E-state index in [1.165, 1.54) is 0 Å². The molecule has 3 fully saturated rings. The third-order valence-corrected chi connectivity index (χ3v) is 4.08. The summed E-state index contributed by atoms with van der Waals surface area (Å²) in [6, 6.07) is 0. The second kappa shape index (κ2) is 5.56. The van der Waals surface area contributed by atoms with Gasteiger partial charge in [-0.15, -0.1) is 0 Å². The monoisotopic (exact) mass is 253 g/mol. The Hall–Kier alpha value is -1.30. The second-order valence-electron chi connectivity index (χ2n) is 5.06. The van der Waals surface area contributed by atoms with Crippen LogP contribution in [-0.2, 0) is 4.79 Å². The minimum absolute atomic E-state index is 0.222. The molecule has 3 aliphatic rings. The van der Waals surface area contributed by atoms with Crippen LogP contribution >= 0.6 is 0 Å². The van der Waals surface area contributed by atoms with Gasteiger partial charge >= 0.3 is 5.97 Å². The van der Waals surface area contributed by atoms with Crippen LogP contribution < -0.4 is 5.32 Å². The Kier molecular flexibility index (Phi) is 4.06. The summed E-state index contributed by atoms with van der Waals surface area (Å²) in [6.07, 6.45) is 2.58. The molecule has 3 rings (SSSR count). The zero-order valence-corrected chi connectivity index (χ0v) is 10.4. The maximum atomic E-state index is 11.6. The van der Waals surface area contributed by atoms with Crippen LogP contribution in [0.2, 0.25) is 0 Å². The lowest BCUT2D eigenvalue weighted by molar-refractivity contribution is -0.154. The summed E-state index contributed by atoms with van der Waals surface area (Å²) in [7, 11) is 0. The average molecular weight is 253 g/mol. The lowest BCUT2D eigenvalue weighted by atomic mass is 9.72. The van der Waals surface area contributed by atoms with Crippen LogP contribution in [0, 0.1) is 5.92 Å². The van der Waals surface area contributed by atoms with Crippen molar-refractivity contribution in [3.63, 3.8) is 0 Å². The molecule has 3 saturated heterocycles. The van der Waals surface area contributed by atoms with Crippen molar-refractivity contribution in [2.45, 2.75) is 24.8 Å². The predicted molar refractivity (Wildman–Crippen MR) is 66.2 cm³/mol. The molecule has 0 radical (unpaired) electrons. The minimum Gasteiger partial charge on any atom is -0.480 e. The SMILES string of the molecule is [N-]=[N+]=NCCCNC1(C(=O)O)CN2CCC1CC2. The predicted octanol–water partition coefficient (Wildman–Crippen LogP) is 0.825. The number of nitrogens with zero attached hydrogens (tertiary/aromatic N) is 4. The smallest absolute Gasteiger partial charge is 0.325 e. The van der Waals surface area contributed by atoms with E-state index in [-0.39, 0.29) is 5.92 Å². The molecule has 0 aromatic carbocycles. The fourth-order valence-corrected chi connectivity index (χ4v) is 3.09. The van der Waals surface area contributed by atoms with Crippen molar-refractivity contribution < 1.29 is 9.90 Å². The largest absolute Gasteiger partial charge is 0.480 e. The molecule has 0 aromatic rings. The molecule has 0 amide bonds. The molecular formula is C11H19N5O2. The van der Waals surface area contributed by atoms with Crippen molar-refractivity contribution in [2.75, 3.05) is 32.7 Å². The number of nitrogens with one attached hydrogen (secondary N) is 1. The molecular weight excluding hydrogens is 234 g/mol.